The molecular formula is C17H16ClN5O3S. The summed E-state index contributed by atoms with van der Waals surface area (Å²) in [5.41, 5.74) is 1.88. The fourth-order valence-electron chi connectivity index (χ4n) is 2.35. The third-order valence-corrected chi connectivity index (χ3v) is 4.72. The predicted octanol–water partition coefficient (Wildman–Crippen LogP) is 3.04. The molecule has 0 aliphatic rings. The maximum atomic E-state index is 12.5. The Morgan fingerprint density at radius 1 is 1.33 bits per heavy atom. The maximum Gasteiger partial charge on any atom is 0.311 e. The molecule has 27 heavy (non-hydrogen) atoms. The molecule has 0 aliphatic heterocycles. The van der Waals surface area contributed by atoms with Crippen molar-refractivity contribution in [2.75, 3.05) is 11.9 Å². The summed E-state index contributed by atoms with van der Waals surface area (Å²) >= 11 is 7.40. The second-order valence-electron chi connectivity index (χ2n) is 5.47. The molecule has 0 atom stereocenters. The number of esters is 1. The zero-order chi connectivity index (χ0) is 19.4. The fourth-order valence-corrected chi connectivity index (χ4v) is 3.27. The van der Waals surface area contributed by atoms with E-state index >= 15 is 0 Å². The molecule has 0 bridgehead atoms. The average Bonchev–Trinajstić information content (AvgIpc) is 3.22. The molecule has 0 saturated heterocycles. The van der Waals surface area contributed by atoms with Gasteiger partial charge in [0.15, 0.2) is 10.8 Å². The van der Waals surface area contributed by atoms with Gasteiger partial charge in [0.05, 0.1) is 35.1 Å². The summed E-state index contributed by atoms with van der Waals surface area (Å²) < 4.78 is 6.39. The molecule has 0 radical (unpaired) electrons. The number of nitrogens with zero attached hydrogens (tertiary/aromatic N) is 4. The summed E-state index contributed by atoms with van der Waals surface area (Å²) in [7, 11) is 0. The van der Waals surface area contributed by atoms with Crippen molar-refractivity contribution in [3.05, 3.63) is 51.7 Å². The van der Waals surface area contributed by atoms with Crippen LogP contribution in [0.2, 0.25) is 5.02 Å². The quantitative estimate of drug-likeness (QED) is 0.633. The monoisotopic (exact) mass is 405 g/mol. The van der Waals surface area contributed by atoms with Crippen LogP contribution >= 0.6 is 22.9 Å². The van der Waals surface area contributed by atoms with Crippen molar-refractivity contribution in [3.63, 3.8) is 0 Å². The molecule has 0 saturated carbocycles. The Bertz CT molecular complexity index is 985. The van der Waals surface area contributed by atoms with Crippen molar-refractivity contribution in [2.24, 2.45) is 0 Å². The molecular weight excluding hydrogens is 390 g/mol. The second-order valence-corrected chi connectivity index (χ2v) is 6.73. The highest BCUT2D eigenvalue weighted by Gasteiger charge is 2.20. The van der Waals surface area contributed by atoms with Crippen LogP contribution in [-0.2, 0) is 16.0 Å². The van der Waals surface area contributed by atoms with Crippen molar-refractivity contribution >= 4 is 39.9 Å². The van der Waals surface area contributed by atoms with E-state index in [1.54, 1.807) is 31.4 Å². The van der Waals surface area contributed by atoms with Crippen LogP contribution in [0.15, 0.2) is 29.6 Å². The largest absolute Gasteiger partial charge is 0.466 e. The predicted molar refractivity (Wildman–Crippen MR) is 102 cm³/mol. The van der Waals surface area contributed by atoms with Gasteiger partial charge in [-0.2, -0.15) is 0 Å². The van der Waals surface area contributed by atoms with Crippen molar-refractivity contribution in [1.29, 1.82) is 0 Å². The number of ether oxygens (including phenoxy) is 1. The van der Waals surface area contributed by atoms with Gasteiger partial charge in [-0.25, -0.2) is 9.67 Å². The molecule has 3 aromatic rings. The van der Waals surface area contributed by atoms with E-state index < -0.39 is 5.91 Å². The van der Waals surface area contributed by atoms with Crippen LogP contribution < -0.4 is 5.32 Å². The summed E-state index contributed by atoms with van der Waals surface area (Å²) in [6, 6.07) is 7.15. The van der Waals surface area contributed by atoms with Crippen molar-refractivity contribution < 1.29 is 14.3 Å². The number of halogens is 1. The van der Waals surface area contributed by atoms with Gasteiger partial charge < -0.3 is 4.74 Å². The Morgan fingerprint density at radius 3 is 2.85 bits per heavy atom. The summed E-state index contributed by atoms with van der Waals surface area (Å²) in [5.74, 6) is -0.804. The molecule has 3 rings (SSSR count). The number of amides is 1. The molecule has 1 amide bonds. The van der Waals surface area contributed by atoms with E-state index in [-0.39, 0.29) is 18.1 Å². The number of thiazole rings is 1. The molecule has 0 aliphatic carbocycles. The normalized spacial score (nSPS) is 10.6. The third-order valence-electron chi connectivity index (χ3n) is 3.59. The fraction of sp³-hybridized carbons (Fsp3) is 0.235. The Labute approximate surface area is 164 Å². The number of para-hydroxylation sites is 1. The molecule has 0 spiro atoms. The van der Waals surface area contributed by atoms with Gasteiger partial charge in [0.1, 0.15) is 0 Å². The van der Waals surface area contributed by atoms with Crippen LogP contribution in [0.3, 0.4) is 0 Å². The van der Waals surface area contributed by atoms with Crippen molar-refractivity contribution in [2.45, 2.75) is 20.3 Å². The lowest BCUT2D eigenvalue weighted by Crippen LogP contribution is -2.14. The number of carbonyl (C=O) groups is 2. The Kier molecular flexibility index (Phi) is 5.82. The highest BCUT2D eigenvalue weighted by Crippen LogP contribution is 2.22. The molecule has 2 aromatic heterocycles. The van der Waals surface area contributed by atoms with E-state index in [9.17, 15) is 9.59 Å². The first-order chi connectivity index (χ1) is 13.0. The minimum atomic E-state index is -0.442. The van der Waals surface area contributed by atoms with Gasteiger partial charge in [-0.1, -0.05) is 28.9 Å². The summed E-state index contributed by atoms with van der Waals surface area (Å²) in [6.45, 7) is 3.78. The van der Waals surface area contributed by atoms with Gasteiger partial charge in [0.2, 0.25) is 0 Å². The summed E-state index contributed by atoms with van der Waals surface area (Å²) in [5, 5.41) is 13.2. The molecule has 0 fully saturated rings. The molecule has 8 nitrogen and oxygen atoms in total. The second kappa shape index (κ2) is 8.28. The van der Waals surface area contributed by atoms with Crippen LogP contribution in [0.1, 0.15) is 28.8 Å². The number of benzene rings is 1. The molecule has 2 heterocycles. The third kappa shape index (κ3) is 4.32. The van der Waals surface area contributed by atoms with E-state index in [1.165, 1.54) is 16.0 Å². The smallest absolute Gasteiger partial charge is 0.311 e. The van der Waals surface area contributed by atoms with Gasteiger partial charge in [-0.15, -0.1) is 16.4 Å². The Balaban J connectivity index is 1.73. The van der Waals surface area contributed by atoms with Crippen molar-refractivity contribution in [3.8, 4) is 5.69 Å². The van der Waals surface area contributed by atoms with Gasteiger partial charge in [-0.05, 0) is 26.0 Å². The summed E-state index contributed by atoms with van der Waals surface area (Å²) in [4.78, 5) is 28.2. The van der Waals surface area contributed by atoms with Gasteiger partial charge in [-0.3, -0.25) is 14.9 Å². The van der Waals surface area contributed by atoms with Gasteiger partial charge in [0, 0.05) is 5.38 Å². The lowest BCUT2D eigenvalue weighted by Gasteiger charge is -2.05. The standard InChI is InChI=1S/C17H16ClN5O3S/c1-3-26-14(24)8-11-9-27-17(19-11)20-16(25)15-10(2)23(22-21-15)13-7-5-4-6-12(13)18/h4-7,9H,3,8H2,1-2H3,(H,19,20,25). The first-order valence-corrected chi connectivity index (χ1v) is 9.34. The van der Waals surface area contributed by atoms with Crippen molar-refractivity contribution in [1.82, 2.24) is 20.0 Å². The van der Waals surface area contributed by atoms with Crippen LogP contribution in [0.5, 0.6) is 0 Å². The lowest BCUT2D eigenvalue weighted by molar-refractivity contribution is -0.142. The molecule has 140 valence electrons. The topological polar surface area (TPSA) is 99.0 Å². The van der Waals surface area contributed by atoms with Gasteiger partial charge in [0.25, 0.3) is 5.91 Å². The number of hydrogen-bond acceptors (Lipinski definition) is 7. The molecule has 10 heteroatoms. The Hall–Kier alpha value is -2.78. The van der Waals surface area contributed by atoms with E-state index in [4.69, 9.17) is 16.3 Å². The Morgan fingerprint density at radius 2 is 2.11 bits per heavy atom. The number of carbonyl (C=O) groups excluding carboxylic acids is 2. The number of anilines is 1. The van der Waals surface area contributed by atoms with Crippen LogP contribution in [0.25, 0.3) is 5.69 Å². The number of hydrogen-bond donors (Lipinski definition) is 1. The zero-order valence-electron chi connectivity index (χ0n) is 14.6. The zero-order valence-corrected chi connectivity index (χ0v) is 16.2. The maximum absolute atomic E-state index is 12.5. The first kappa shape index (κ1) is 19.0. The van der Waals surface area contributed by atoms with Crippen LogP contribution in [0.4, 0.5) is 5.13 Å². The van der Waals surface area contributed by atoms with E-state index in [2.05, 4.69) is 20.6 Å². The minimum Gasteiger partial charge on any atom is -0.466 e. The number of nitrogens with one attached hydrogen (secondary N) is 1. The molecule has 0 unspecified atom stereocenters. The number of aromatic nitrogens is 4. The van der Waals surface area contributed by atoms with Crippen LogP contribution in [-0.4, -0.2) is 38.5 Å². The molecule has 1 aromatic carbocycles. The van der Waals surface area contributed by atoms with Crippen LogP contribution in [0, 0.1) is 6.92 Å². The SMILES string of the molecule is CCOC(=O)Cc1csc(NC(=O)c2nnn(-c3ccccc3Cl)c2C)n1. The first-order valence-electron chi connectivity index (χ1n) is 8.08. The highest BCUT2D eigenvalue weighted by atomic mass is 35.5. The van der Waals surface area contributed by atoms with E-state index in [0.29, 0.717) is 33.8 Å². The number of rotatable bonds is 6. The summed E-state index contributed by atoms with van der Waals surface area (Å²) in [6.07, 6.45) is 0.0575. The lowest BCUT2D eigenvalue weighted by atomic mass is 10.3. The van der Waals surface area contributed by atoms with E-state index in [0.717, 1.165) is 0 Å². The minimum absolute atomic E-state index is 0.0575. The molecule has 1 N–H and O–H groups in total. The average molecular weight is 406 g/mol. The van der Waals surface area contributed by atoms with Gasteiger partial charge >= 0.3 is 5.97 Å². The van der Waals surface area contributed by atoms with E-state index in [1.807, 2.05) is 12.1 Å². The highest BCUT2D eigenvalue weighted by molar-refractivity contribution is 7.14.